The molecule has 1 unspecified atom stereocenters. The number of hydrogen-bond acceptors (Lipinski definition) is 3. The summed E-state index contributed by atoms with van der Waals surface area (Å²) in [7, 11) is 0. The summed E-state index contributed by atoms with van der Waals surface area (Å²) in [5, 5.41) is 11.7. The van der Waals surface area contributed by atoms with Gasteiger partial charge < -0.3 is 9.94 Å². The van der Waals surface area contributed by atoms with Crippen LogP contribution in [0.15, 0.2) is 28.9 Å². The number of aromatic nitrogens is 1. The minimum absolute atomic E-state index is 0.117. The van der Waals surface area contributed by atoms with Crippen molar-refractivity contribution < 1.29 is 13.9 Å². The summed E-state index contributed by atoms with van der Waals surface area (Å²) in [6.45, 7) is 1.63. The molecule has 4 nitrogen and oxygen atoms in total. The summed E-state index contributed by atoms with van der Waals surface area (Å²) in [5.74, 6) is -0.579. The van der Waals surface area contributed by atoms with Gasteiger partial charge in [0.15, 0.2) is 0 Å². The van der Waals surface area contributed by atoms with E-state index in [0.29, 0.717) is 9.20 Å². The van der Waals surface area contributed by atoms with Crippen LogP contribution in [0.4, 0.5) is 10.2 Å². The highest BCUT2D eigenvalue weighted by atomic mass is 79.9. The van der Waals surface area contributed by atoms with Crippen LogP contribution in [0.2, 0.25) is 10.0 Å². The molecule has 0 amide bonds. The second-order valence-corrected chi connectivity index (χ2v) is 5.95. The van der Waals surface area contributed by atoms with Crippen LogP contribution in [0.5, 0.6) is 5.75 Å². The molecule has 0 aliphatic rings. The Labute approximate surface area is 138 Å². The Bertz CT molecular complexity index is 700. The van der Waals surface area contributed by atoms with Gasteiger partial charge in [0.05, 0.1) is 9.50 Å². The van der Waals surface area contributed by atoms with Crippen LogP contribution in [-0.2, 0) is 0 Å². The SMILES string of the molecule is CC(Oc1cc(Br)c[n+]([O-])c1N)c1c(Cl)ccc(F)c1Cl. The lowest BCUT2D eigenvalue weighted by Crippen LogP contribution is -2.30. The van der Waals surface area contributed by atoms with Crippen molar-refractivity contribution in [2.24, 2.45) is 0 Å². The number of pyridine rings is 1. The lowest BCUT2D eigenvalue weighted by molar-refractivity contribution is -0.590. The van der Waals surface area contributed by atoms with Crippen molar-refractivity contribution >= 4 is 44.9 Å². The maximum absolute atomic E-state index is 13.5. The topological polar surface area (TPSA) is 62.2 Å². The molecule has 0 saturated heterocycles. The van der Waals surface area contributed by atoms with Gasteiger partial charge in [-0.15, -0.1) is 0 Å². The standard InChI is InChI=1S/C13H10BrCl2FN2O2/c1-6(11-8(15)2-3-9(17)12(11)16)21-10-4-7(14)5-19(20)13(10)18/h2-6H,18H2,1H3. The first kappa shape index (κ1) is 16.1. The summed E-state index contributed by atoms with van der Waals surface area (Å²) in [5.41, 5.74) is 5.94. The molecule has 2 N–H and O–H groups in total. The van der Waals surface area contributed by atoms with Gasteiger partial charge in [-0.1, -0.05) is 23.2 Å². The highest BCUT2D eigenvalue weighted by molar-refractivity contribution is 9.10. The Hall–Kier alpha value is -1.24. The number of nitrogens with zero attached hydrogens (tertiary/aromatic N) is 1. The van der Waals surface area contributed by atoms with Crippen molar-refractivity contribution in [3.8, 4) is 5.75 Å². The molecule has 8 heteroatoms. The monoisotopic (exact) mass is 394 g/mol. The zero-order valence-corrected chi connectivity index (χ0v) is 13.8. The first-order valence-corrected chi connectivity index (χ1v) is 7.34. The maximum Gasteiger partial charge on any atom is 0.318 e. The van der Waals surface area contributed by atoms with Crippen LogP contribution < -0.4 is 15.2 Å². The third-order valence-corrected chi connectivity index (χ3v) is 3.94. The molecule has 0 radical (unpaired) electrons. The molecule has 112 valence electrons. The van der Waals surface area contributed by atoms with Gasteiger partial charge in [-0.3, -0.25) is 5.73 Å². The largest absolute Gasteiger partial charge is 0.710 e. The van der Waals surface area contributed by atoms with Crippen molar-refractivity contribution in [1.29, 1.82) is 0 Å². The fourth-order valence-electron chi connectivity index (χ4n) is 1.79. The van der Waals surface area contributed by atoms with Crippen LogP contribution >= 0.6 is 39.1 Å². The van der Waals surface area contributed by atoms with Crippen LogP contribution in [0.3, 0.4) is 0 Å². The normalized spacial score (nSPS) is 12.2. The second kappa shape index (κ2) is 6.25. The number of benzene rings is 1. The van der Waals surface area contributed by atoms with Crippen molar-refractivity contribution in [2.45, 2.75) is 13.0 Å². The van der Waals surface area contributed by atoms with E-state index in [0.717, 1.165) is 0 Å². The highest BCUT2D eigenvalue weighted by Crippen LogP contribution is 2.36. The molecule has 0 aliphatic carbocycles. The van der Waals surface area contributed by atoms with Crippen LogP contribution in [-0.4, -0.2) is 0 Å². The second-order valence-electron chi connectivity index (χ2n) is 4.25. The smallest absolute Gasteiger partial charge is 0.318 e. The van der Waals surface area contributed by atoms with Crippen molar-refractivity contribution in [2.75, 3.05) is 5.73 Å². The van der Waals surface area contributed by atoms with Gasteiger partial charge in [0.1, 0.15) is 18.1 Å². The lowest BCUT2D eigenvalue weighted by atomic mass is 10.1. The fraction of sp³-hybridized carbons (Fsp3) is 0.154. The predicted octanol–water partition coefficient (Wildman–Crippen LogP) is 4.25. The Morgan fingerprint density at radius 2 is 2.10 bits per heavy atom. The number of anilines is 1. The number of ether oxygens (including phenoxy) is 1. The minimum Gasteiger partial charge on any atom is -0.710 e. The van der Waals surface area contributed by atoms with Gasteiger partial charge in [-0.25, -0.2) is 9.12 Å². The molecule has 0 saturated carbocycles. The van der Waals surface area contributed by atoms with Crippen LogP contribution in [0.1, 0.15) is 18.6 Å². The van der Waals surface area contributed by atoms with E-state index in [9.17, 15) is 9.60 Å². The third-order valence-electron chi connectivity index (χ3n) is 2.79. The van der Waals surface area contributed by atoms with Crippen molar-refractivity contribution in [3.63, 3.8) is 0 Å². The predicted molar refractivity (Wildman–Crippen MR) is 83.0 cm³/mol. The zero-order valence-electron chi connectivity index (χ0n) is 10.7. The quantitative estimate of drug-likeness (QED) is 0.480. The average molecular weight is 396 g/mol. The van der Waals surface area contributed by atoms with E-state index in [4.69, 9.17) is 33.7 Å². The zero-order chi connectivity index (χ0) is 15.7. The number of nitrogen functional groups attached to an aromatic ring is 1. The molecule has 0 bridgehead atoms. The van der Waals surface area contributed by atoms with Gasteiger partial charge in [0, 0.05) is 16.7 Å². The van der Waals surface area contributed by atoms with E-state index < -0.39 is 11.9 Å². The summed E-state index contributed by atoms with van der Waals surface area (Å²) in [6, 6.07) is 4.08. The molecule has 0 fully saturated rings. The van der Waals surface area contributed by atoms with E-state index in [-0.39, 0.29) is 27.2 Å². The molecular formula is C13H10BrCl2FN2O2. The summed E-state index contributed by atoms with van der Waals surface area (Å²) < 4.78 is 20.1. The molecule has 1 aromatic heterocycles. The van der Waals surface area contributed by atoms with E-state index in [1.807, 2.05) is 0 Å². The molecule has 2 aromatic rings. The number of hydrogen-bond donors (Lipinski definition) is 1. The average Bonchev–Trinajstić information content (AvgIpc) is 2.40. The number of rotatable bonds is 3. The minimum atomic E-state index is -0.697. The van der Waals surface area contributed by atoms with Crippen molar-refractivity contribution in [3.05, 3.63) is 55.5 Å². The molecule has 0 aliphatic heterocycles. The van der Waals surface area contributed by atoms with Gasteiger partial charge in [-0.05, 0) is 35.0 Å². The van der Waals surface area contributed by atoms with E-state index in [2.05, 4.69) is 15.9 Å². The van der Waals surface area contributed by atoms with E-state index in [1.54, 1.807) is 6.92 Å². The molecule has 1 aromatic carbocycles. The van der Waals surface area contributed by atoms with E-state index >= 15 is 0 Å². The third kappa shape index (κ3) is 3.33. The summed E-state index contributed by atoms with van der Waals surface area (Å²) in [4.78, 5) is 0. The van der Waals surface area contributed by atoms with Gasteiger partial charge in [-0.2, -0.15) is 0 Å². The van der Waals surface area contributed by atoms with Gasteiger partial charge >= 0.3 is 5.82 Å². The maximum atomic E-state index is 13.5. The van der Waals surface area contributed by atoms with Crippen LogP contribution in [0.25, 0.3) is 0 Å². The Morgan fingerprint density at radius 3 is 2.76 bits per heavy atom. The summed E-state index contributed by atoms with van der Waals surface area (Å²) >= 11 is 15.1. The van der Waals surface area contributed by atoms with Crippen LogP contribution in [0, 0.1) is 11.0 Å². The Balaban J connectivity index is 2.39. The number of nitrogens with two attached hydrogens (primary N) is 1. The molecule has 1 heterocycles. The van der Waals surface area contributed by atoms with Gasteiger partial charge in [0.25, 0.3) is 0 Å². The molecule has 0 spiro atoms. The molecule has 2 rings (SSSR count). The first-order chi connectivity index (χ1) is 9.81. The highest BCUT2D eigenvalue weighted by Gasteiger charge is 2.21. The lowest BCUT2D eigenvalue weighted by Gasteiger charge is -2.19. The molecule has 21 heavy (non-hydrogen) atoms. The molecular weight excluding hydrogens is 386 g/mol. The fourth-order valence-corrected chi connectivity index (χ4v) is 2.86. The Kier molecular flexibility index (Phi) is 4.81. The first-order valence-electron chi connectivity index (χ1n) is 5.79. The number of halogens is 4. The van der Waals surface area contributed by atoms with Gasteiger partial charge in [0.2, 0.25) is 5.75 Å². The summed E-state index contributed by atoms with van der Waals surface area (Å²) in [6.07, 6.45) is 0.548. The van der Waals surface area contributed by atoms with Crippen molar-refractivity contribution in [1.82, 2.24) is 0 Å². The van der Waals surface area contributed by atoms with E-state index in [1.165, 1.54) is 24.4 Å². The molecule has 1 atom stereocenters. The Morgan fingerprint density at radius 1 is 1.43 bits per heavy atom.